The van der Waals surface area contributed by atoms with Crippen LogP contribution in [0.3, 0.4) is 0 Å². The first-order valence-electron chi connectivity index (χ1n) is 6.77. The molecule has 0 aromatic carbocycles. The molecule has 2 rings (SSSR count). The van der Waals surface area contributed by atoms with Gasteiger partial charge in [-0.3, -0.25) is 4.79 Å². The lowest BCUT2D eigenvalue weighted by Crippen LogP contribution is -2.34. The molecule has 1 heterocycles. The van der Waals surface area contributed by atoms with Gasteiger partial charge in [-0.1, -0.05) is 31.4 Å². The molecule has 0 bridgehead atoms. The van der Waals surface area contributed by atoms with Crippen molar-refractivity contribution in [2.75, 3.05) is 11.9 Å². The maximum Gasteiger partial charge on any atom is 0.287 e. The molecule has 2 N–H and O–H groups in total. The van der Waals surface area contributed by atoms with E-state index in [1.807, 2.05) is 6.92 Å². The van der Waals surface area contributed by atoms with Gasteiger partial charge in [-0.25, -0.2) is 4.68 Å². The van der Waals surface area contributed by atoms with Gasteiger partial charge in [0, 0.05) is 13.1 Å². The van der Waals surface area contributed by atoms with Crippen molar-refractivity contribution in [1.82, 2.24) is 9.78 Å². The van der Waals surface area contributed by atoms with Crippen LogP contribution in [0.5, 0.6) is 0 Å². The molecule has 1 aliphatic rings. The smallest absolute Gasteiger partial charge is 0.287 e. The lowest BCUT2D eigenvalue weighted by molar-refractivity contribution is 0.0614. The third kappa shape index (κ3) is 3.28. The van der Waals surface area contributed by atoms with E-state index < -0.39 is 5.60 Å². The van der Waals surface area contributed by atoms with Crippen molar-refractivity contribution in [2.45, 2.75) is 51.2 Å². The first-order chi connectivity index (χ1) is 9.06. The number of aryl methyl sites for hydroxylation is 1. The Labute approximate surface area is 117 Å². The minimum atomic E-state index is -0.679. The van der Waals surface area contributed by atoms with Crippen LogP contribution in [0, 0.1) is 0 Å². The van der Waals surface area contributed by atoms with Gasteiger partial charge < -0.3 is 10.4 Å². The molecule has 0 amide bonds. The highest BCUT2D eigenvalue weighted by atomic mass is 35.5. The largest absolute Gasteiger partial charge is 0.388 e. The zero-order valence-corrected chi connectivity index (χ0v) is 11.9. The zero-order valence-electron chi connectivity index (χ0n) is 11.2. The fourth-order valence-electron chi connectivity index (χ4n) is 2.43. The Kier molecular flexibility index (Phi) is 4.47. The van der Waals surface area contributed by atoms with Crippen molar-refractivity contribution in [3.8, 4) is 0 Å². The monoisotopic (exact) mass is 285 g/mol. The summed E-state index contributed by atoms with van der Waals surface area (Å²) < 4.78 is 1.36. The highest BCUT2D eigenvalue weighted by molar-refractivity contribution is 6.32. The van der Waals surface area contributed by atoms with Crippen molar-refractivity contribution in [3.05, 3.63) is 21.6 Å². The molecule has 1 aromatic heterocycles. The zero-order chi connectivity index (χ0) is 13.9. The van der Waals surface area contributed by atoms with E-state index in [4.69, 9.17) is 11.6 Å². The maximum absolute atomic E-state index is 11.9. The van der Waals surface area contributed by atoms with E-state index in [-0.39, 0.29) is 10.6 Å². The lowest BCUT2D eigenvalue weighted by Gasteiger charge is -2.23. The first-order valence-corrected chi connectivity index (χ1v) is 7.15. The van der Waals surface area contributed by atoms with Gasteiger partial charge in [0.05, 0.1) is 17.5 Å². The van der Waals surface area contributed by atoms with Crippen LogP contribution in [0.25, 0.3) is 0 Å². The third-order valence-electron chi connectivity index (χ3n) is 3.56. The number of rotatable bonds is 5. The minimum Gasteiger partial charge on any atom is -0.388 e. The summed E-state index contributed by atoms with van der Waals surface area (Å²) in [5.41, 5.74) is -0.465. The van der Waals surface area contributed by atoms with Crippen LogP contribution in [0.1, 0.15) is 39.0 Å². The van der Waals surface area contributed by atoms with Gasteiger partial charge in [0.1, 0.15) is 5.02 Å². The fraction of sp³-hybridized carbons (Fsp3) is 0.692. The van der Waals surface area contributed by atoms with Crippen LogP contribution in [-0.2, 0) is 6.54 Å². The van der Waals surface area contributed by atoms with Gasteiger partial charge in [-0.15, -0.1) is 0 Å². The van der Waals surface area contributed by atoms with E-state index in [0.717, 1.165) is 32.1 Å². The molecule has 19 heavy (non-hydrogen) atoms. The van der Waals surface area contributed by atoms with Crippen molar-refractivity contribution < 1.29 is 5.11 Å². The highest BCUT2D eigenvalue weighted by Crippen LogP contribution is 2.30. The lowest BCUT2D eigenvalue weighted by atomic mass is 10.0. The van der Waals surface area contributed by atoms with Crippen LogP contribution in [0.4, 0.5) is 5.69 Å². The molecule has 0 unspecified atom stereocenters. The number of hydrogen-bond acceptors (Lipinski definition) is 4. The number of nitrogens with zero attached hydrogens (tertiary/aromatic N) is 2. The van der Waals surface area contributed by atoms with Crippen molar-refractivity contribution in [3.63, 3.8) is 0 Å². The number of nitrogens with one attached hydrogen (secondary N) is 1. The molecular weight excluding hydrogens is 266 g/mol. The van der Waals surface area contributed by atoms with E-state index in [0.29, 0.717) is 18.8 Å². The third-order valence-corrected chi connectivity index (χ3v) is 3.93. The summed E-state index contributed by atoms with van der Waals surface area (Å²) in [6, 6.07) is 0. The Morgan fingerprint density at radius 1 is 1.53 bits per heavy atom. The van der Waals surface area contributed by atoms with Crippen LogP contribution < -0.4 is 10.9 Å². The second-order valence-corrected chi connectivity index (χ2v) is 5.56. The number of aliphatic hydroxyl groups is 1. The molecule has 1 aromatic rings. The second kappa shape index (κ2) is 5.92. The normalized spacial score (nSPS) is 17.6. The number of aromatic nitrogens is 2. The van der Waals surface area contributed by atoms with Crippen molar-refractivity contribution >= 4 is 17.3 Å². The summed E-state index contributed by atoms with van der Waals surface area (Å²) >= 11 is 6.05. The van der Waals surface area contributed by atoms with Crippen LogP contribution in [0.2, 0.25) is 5.02 Å². The van der Waals surface area contributed by atoms with Crippen molar-refractivity contribution in [2.24, 2.45) is 0 Å². The summed E-state index contributed by atoms with van der Waals surface area (Å²) in [5.74, 6) is 0. The van der Waals surface area contributed by atoms with E-state index in [1.54, 1.807) is 6.20 Å². The van der Waals surface area contributed by atoms with Gasteiger partial charge in [-0.05, 0) is 19.3 Å². The predicted octanol–water partition coefficient (Wildman–Crippen LogP) is 2.02. The molecular formula is C13H20ClN3O2. The second-order valence-electron chi connectivity index (χ2n) is 5.19. The van der Waals surface area contributed by atoms with E-state index >= 15 is 0 Å². The van der Waals surface area contributed by atoms with Crippen molar-refractivity contribution in [1.29, 1.82) is 0 Å². The van der Waals surface area contributed by atoms with Gasteiger partial charge >= 0.3 is 0 Å². The summed E-state index contributed by atoms with van der Waals surface area (Å²) in [6.07, 6.45) is 6.05. The predicted molar refractivity (Wildman–Crippen MR) is 75.7 cm³/mol. The van der Waals surface area contributed by atoms with Gasteiger partial charge in [0.2, 0.25) is 0 Å². The summed E-state index contributed by atoms with van der Waals surface area (Å²) in [6.45, 7) is 2.94. The fourth-order valence-corrected chi connectivity index (χ4v) is 2.64. The molecule has 1 aliphatic carbocycles. The Hall–Kier alpha value is -1.07. The maximum atomic E-state index is 11.9. The molecule has 6 heteroatoms. The summed E-state index contributed by atoms with van der Waals surface area (Å²) in [7, 11) is 0. The molecule has 0 radical (unpaired) electrons. The average molecular weight is 286 g/mol. The first kappa shape index (κ1) is 14.3. The van der Waals surface area contributed by atoms with Crippen LogP contribution in [-0.4, -0.2) is 27.0 Å². The topological polar surface area (TPSA) is 67.2 Å². The Morgan fingerprint density at radius 2 is 2.21 bits per heavy atom. The van der Waals surface area contributed by atoms with E-state index in [1.165, 1.54) is 4.68 Å². The SMILES string of the molecule is CCCn1ncc(NCC2(O)CCCC2)c(Cl)c1=O. The Balaban J connectivity index is 2.09. The average Bonchev–Trinajstić information content (AvgIpc) is 2.82. The standard InChI is InChI=1S/C13H20ClN3O2/c1-2-7-17-12(18)11(14)10(8-16-17)15-9-13(19)5-3-4-6-13/h8,15,19H,2-7,9H2,1H3. The van der Waals surface area contributed by atoms with Gasteiger partial charge in [0.25, 0.3) is 5.56 Å². The summed E-state index contributed by atoms with van der Waals surface area (Å²) in [5, 5.41) is 17.5. The van der Waals surface area contributed by atoms with Gasteiger partial charge in [0.15, 0.2) is 0 Å². The molecule has 0 aliphatic heterocycles. The number of anilines is 1. The number of hydrogen-bond donors (Lipinski definition) is 2. The number of halogens is 1. The molecule has 0 spiro atoms. The molecule has 0 atom stereocenters. The molecule has 0 saturated heterocycles. The Bertz CT molecular complexity index is 495. The van der Waals surface area contributed by atoms with Crippen LogP contribution >= 0.6 is 11.6 Å². The highest BCUT2D eigenvalue weighted by Gasteiger charge is 2.30. The van der Waals surface area contributed by atoms with E-state index in [9.17, 15) is 9.90 Å². The minimum absolute atomic E-state index is 0.144. The van der Waals surface area contributed by atoms with E-state index in [2.05, 4.69) is 10.4 Å². The molecule has 1 saturated carbocycles. The van der Waals surface area contributed by atoms with Gasteiger partial charge in [-0.2, -0.15) is 5.10 Å². The quantitative estimate of drug-likeness (QED) is 0.869. The summed E-state index contributed by atoms with van der Waals surface area (Å²) in [4.78, 5) is 11.9. The Morgan fingerprint density at radius 3 is 2.84 bits per heavy atom. The van der Waals surface area contributed by atoms with Crippen LogP contribution in [0.15, 0.2) is 11.0 Å². The molecule has 1 fully saturated rings. The molecule has 106 valence electrons. The molecule has 5 nitrogen and oxygen atoms in total.